The number of aromatic nitrogens is 2. The van der Waals surface area contributed by atoms with E-state index in [2.05, 4.69) is 14.1 Å². The minimum Gasteiger partial charge on any atom is -0.390 e. The Kier molecular flexibility index (Phi) is 2.94. The van der Waals surface area contributed by atoms with Crippen LogP contribution in [0.2, 0.25) is 0 Å². The number of aliphatic hydroxyl groups is 1. The number of hydrogen-bond acceptors (Lipinski definition) is 6. The molecule has 0 spiro atoms. The van der Waals surface area contributed by atoms with Crippen LogP contribution < -0.4 is 5.32 Å². The van der Waals surface area contributed by atoms with Gasteiger partial charge >= 0.3 is 0 Å². The van der Waals surface area contributed by atoms with Gasteiger partial charge in [0.1, 0.15) is 0 Å². The van der Waals surface area contributed by atoms with Gasteiger partial charge in [-0.25, -0.2) is 0 Å². The number of β-amino-alcohol motifs (C(OH)–C–C–N with tert-alkyl or cyclic N) is 1. The SMILES string of the molecule is CN(C(=O)c1cnsn1)[C@H]1CNC[C@@H]1O. The number of hydrogen-bond donors (Lipinski definition) is 2. The van der Waals surface area contributed by atoms with E-state index in [1.54, 1.807) is 7.05 Å². The molecule has 1 aliphatic rings. The largest absolute Gasteiger partial charge is 0.390 e. The van der Waals surface area contributed by atoms with Crippen molar-refractivity contribution in [3.8, 4) is 0 Å². The Morgan fingerprint density at radius 1 is 1.73 bits per heavy atom. The van der Waals surface area contributed by atoms with Gasteiger partial charge in [-0.1, -0.05) is 0 Å². The van der Waals surface area contributed by atoms with Crippen LogP contribution in [0, 0.1) is 0 Å². The molecule has 6 nitrogen and oxygen atoms in total. The van der Waals surface area contributed by atoms with Gasteiger partial charge in [-0.15, -0.1) is 0 Å². The summed E-state index contributed by atoms with van der Waals surface area (Å²) in [5, 5.41) is 12.6. The predicted molar refractivity (Wildman–Crippen MR) is 54.7 cm³/mol. The fraction of sp³-hybridized carbons (Fsp3) is 0.625. The molecule has 0 unspecified atom stereocenters. The van der Waals surface area contributed by atoms with Crippen LogP contribution in [0.4, 0.5) is 0 Å². The fourth-order valence-corrected chi connectivity index (χ4v) is 2.04. The number of rotatable bonds is 2. The van der Waals surface area contributed by atoms with Crippen molar-refractivity contribution in [2.75, 3.05) is 20.1 Å². The number of carbonyl (C=O) groups is 1. The van der Waals surface area contributed by atoms with Crippen LogP contribution in [0.3, 0.4) is 0 Å². The smallest absolute Gasteiger partial charge is 0.275 e. The van der Waals surface area contributed by atoms with E-state index >= 15 is 0 Å². The summed E-state index contributed by atoms with van der Waals surface area (Å²) in [7, 11) is 1.67. The molecule has 0 bridgehead atoms. The molecule has 0 aromatic carbocycles. The first kappa shape index (κ1) is 10.5. The lowest BCUT2D eigenvalue weighted by atomic mass is 10.2. The zero-order chi connectivity index (χ0) is 10.8. The first-order valence-corrected chi connectivity index (χ1v) is 5.36. The lowest BCUT2D eigenvalue weighted by Gasteiger charge is -2.25. The third-order valence-corrected chi connectivity index (χ3v) is 3.03. The number of carbonyl (C=O) groups excluding carboxylic acids is 1. The molecule has 2 heterocycles. The fourth-order valence-electron chi connectivity index (χ4n) is 1.64. The Morgan fingerprint density at radius 3 is 3.07 bits per heavy atom. The third kappa shape index (κ3) is 1.99. The Labute approximate surface area is 91.2 Å². The maximum absolute atomic E-state index is 11.8. The van der Waals surface area contributed by atoms with Crippen molar-refractivity contribution in [1.29, 1.82) is 0 Å². The van der Waals surface area contributed by atoms with Crippen molar-refractivity contribution >= 4 is 17.6 Å². The maximum atomic E-state index is 11.8. The first-order chi connectivity index (χ1) is 7.20. The molecule has 82 valence electrons. The molecule has 0 saturated carbocycles. The van der Waals surface area contributed by atoms with Gasteiger partial charge in [0, 0.05) is 20.1 Å². The average molecular weight is 228 g/mol. The summed E-state index contributed by atoms with van der Waals surface area (Å²) in [5.74, 6) is -0.198. The number of aliphatic hydroxyl groups excluding tert-OH is 1. The second kappa shape index (κ2) is 4.21. The third-order valence-electron chi connectivity index (χ3n) is 2.55. The summed E-state index contributed by atoms with van der Waals surface area (Å²) in [5.41, 5.74) is 0.335. The molecule has 0 radical (unpaired) electrons. The highest BCUT2D eigenvalue weighted by Gasteiger charge is 2.32. The molecule has 0 aliphatic carbocycles. The van der Waals surface area contributed by atoms with Crippen LogP contribution in [-0.4, -0.2) is 56.9 Å². The number of nitrogens with one attached hydrogen (secondary N) is 1. The van der Waals surface area contributed by atoms with Gasteiger partial charge in [0.25, 0.3) is 5.91 Å². The highest BCUT2D eigenvalue weighted by atomic mass is 32.1. The molecule has 7 heteroatoms. The van der Waals surface area contributed by atoms with E-state index in [1.807, 2.05) is 0 Å². The molecule has 2 atom stereocenters. The summed E-state index contributed by atoms with van der Waals surface area (Å²) in [6.45, 7) is 1.14. The van der Waals surface area contributed by atoms with Crippen molar-refractivity contribution < 1.29 is 9.90 Å². The van der Waals surface area contributed by atoms with E-state index in [1.165, 1.54) is 11.1 Å². The van der Waals surface area contributed by atoms with Gasteiger partial charge in [0.05, 0.1) is 30.1 Å². The normalized spacial score (nSPS) is 25.5. The number of likely N-dealkylation sites (N-methyl/N-ethyl adjacent to an activating group) is 1. The Bertz CT molecular complexity index is 342. The molecule has 1 saturated heterocycles. The zero-order valence-corrected chi connectivity index (χ0v) is 9.07. The first-order valence-electron chi connectivity index (χ1n) is 4.63. The van der Waals surface area contributed by atoms with Gasteiger partial charge in [-0.2, -0.15) is 8.75 Å². The predicted octanol–water partition coefficient (Wildman–Crippen LogP) is -1.06. The van der Waals surface area contributed by atoms with Crippen molar-refractivity contribution in [3.63, 3.8) is 0 Å². The van der Waals surface area contributed by atoms with Crippen LogP contribution in [0.15, 0.2) is 6.20 Å². The van der Waals surface area contributed by atoms with Crippen LogP contribution >= 0.6 is 11.7 Å². The molecule has 1 fully saturated rings. The Morgan fingerprint density at radius 2 is 2.53 bits per heavy atom. The summed E-state index contributed by atoms with van der Waals surface area (Å²) in [6.07, 6.45) is 0.934. The highest BCUT2D eigenvalue weighted by Crippen LogP contribution is 2.10. The molecule has 1 aliphatic heterocycles. The minimum absolute atomic E-state index is 0.181. The molecular formula is C8H12N4O2S. The summed E-state index contributed by atoms with van der Waals surface area (Å²) >= 11 is 1.00. The second-order valence-electron chi connectivity index (χ2n) is 3.50. The minimum atomic E-state index is -0.509. The van der Waals surface area contributed by atoms with E-state index in [9.17, 15) is 9.90 Å². The summed E-state index contributed by atoms with van der Waals surface area (Å²) < 4.78 is 7.65. The number of nitrogens with zero attached hydrogens (tertiary/aromatic N) is 3. The maximum Gasteiger partial charge on any atom is 0.275 e. The van der Waals surface area contributed by atoms with Crippen LogP contribution in [0.5, 0.6) is 0 Å². The van der Waals surface area contributed by atoms with Crippen molar-refractivity contribution in [3.05, 3.63) is 11.9 Å². The van der Waals surface area contributed by atoms with E-state index in [0.717, 1.165) is 11.7 Å². The highest BCUT2D eigenvalue weighted by molar-refractivity contribution is 6.99. The summed E-state index contributed by atoms with van der Waals surface area (Å²) in [4.78, 5) is 13.3. The van der Waals surface area contributed by atoms with Crippen molar-refractivity contribution in [2.45, 2.75) is 12.1 Å². The average Bonchev–Trinajstić information content (AvgIpc) is 2.85. The molecule has 1 aromatic rings. The van der Waals surface area contributed by atoms with Gasteiger partial charge in [0.15, 0.2) is 5.69 Å². The van der Waals surface area contributed by atoms with E-state index < -0.39 is 6.10 Å². The van der Waals surface area contributed by atoms with Crippen LogP contribution in [-0.2, 0) is 0 Å². The lowest BCUT2D eigenvalue weighted by molar-refractivity contribution is 0.0577. The monoisotopic (exact) mass is 228 g/mol. The van der Waals surface area contributed by atoms with Crippen LogP contribution in [0.25, 0.3) is 0 Å². The zero-order valence-electron chi connectivity index (χ0n) is 8.25. The standard InChI is InChI=1S/C8H12N4O2S/c1-12(6-3-9-4-7(6)13)8(14)5-2-10-15-11-5/h2,6-7,9,13H,3-4H2,1H3/t6-,7-/m0/s1. The number of amides is 1. The summed E-state index contributed by atoms with van der Waals surface area (Å²) in [6, 6.07) is -0.181. The molecule has 2 rings (SSSR count). The molecule has 1 aromatic heterocycles. The molecular weight excluding hydrogens is 216 g/mol. The van der Waals surface area contributed by atoms with E-state index in [4.69, 9.17) is 0 Å². The molecule has 2 N–H and O–H groups in total. The molecule has 1 amide bonds. The van der Waals surface area contributed by atoms with Gasteiger partial charge in [0.2, 0.25) is 0 Å². The van der Waals surface area contributed by atoms with Crippen LogP contribution in [0.1, 0.15) is 10.5 Å². The molecule has 15 heavy (non-hydrogen) atoms. The van der Waals surface area contributed by atoms with Gasteiger partial charge in [-0.05, 0) is 0 Å². The van der Waals surface area contributed by atoms with E-state index in [-0.39, 0.29) is 11.9 Å². The lowest BCUT2D eigenvalue weighted by Crippen LogP contribution is -2.44. The van der Waals surface area contributed by atoms with Gasteiger partial charge < -0.3 is 15.3 Å². The second-order valence-corrected chi connectivity index (χ2v) is 4.06. The van der Waals surface area contributed by atoms with Crippen molar-refractivity contribution in [2.24, 2.45) is 0 Å². The van der Waals surface area contributed by atoms with Gasteiger partial charge in [-0.3, -0.25) is 4.79 Å². The Balaban J connectivity index is 2.07. The quantitative estimate of drug-likeness (QED) is 0.675. The van der Waals surface area contributed by atoms with E-state index in [0.29, 0.717) is 18.8 Å². The Hall–Kier alpha value is -1.05. The topological polar surface area (TPSA) is 78.4 Å². The van der Waals surface area contributed by atoms with Crippen molar-refractivity contribution in [1.82, 2.24) is 19.0 Å².